The van der Waals surface area contributed by atoms with Crippen LogP contribution in [0.15, 0.2) is 18.2 Å². The molecule has 0 fully saturated rings. The molecule has 3 nitrogen and oxygen atoms in total. The first kappa shape index (κ1) is 10.3. The van der Waals surface area contributed by atoms with Crippen molar-refractivity contribution in [2.45, 2.75) is 6.92 Å². The molecule has 0 aliphatic heterocycles. The number of pyridine rings is 1. The van der Waals surface area contributed by atoms with Crippen LogP contribution in [0, 0.1) is 6.92 Å². The van der Waals surface area contributed by atoms with Crippen molar-refractivity contribution in [3.05, 3.63) is 33.9 Å². The first-order chi connectivity index (χ1) is 7.20. The Bertz CT molecular complexity index is 510. The summed E-state index contributed by atoms with van der Waals surface area (Å²) in [5.74, 6) is 0. The molecular weight excluding hydrogens is 232 g/mol. The third-order valence-electron chi connectivity index (χ3n) is 1.88. The van der Waals surface area contributed by atoms with Crippen LogP contribution in [-0.4, -0.2) is 16.3 Å². The zero-order valence-electron chi connectivity index (χ0n) is 7.90. The first-order valence-electron chi connectivity index (χ1n) is 4.26. The summed E-state index contributed by atoms with van der Waals surface area (Å²) in [6.45, 7) is 1.86. The maximum Gasteiger partial charge on any atom is 0.169 e. The highest BCUT2D eigenvalue weighted by Gasteiger charge is 2.09. The van der Waals surface area contributed by atoms with Gasteiger partial charge in [0.15, 0.2) is 6.29 Å². The molecule has 0 amide bonds. The summed E-state index contributed by atoms with van der Waals surface area (Å²) in [6.07, 6.45) is 0.750. The molecule has 0 spiro atoms. The van der Waals surface area contributed by atoms with E-state index in [1.54, 1.807) is 6.07 Å². The van der Waals surface area contributed by atoms with E-state index in [4.69, 9.17) is 11.6 Å². The van der Waals surface area contributed by atoms with E-state index in [1.807, 2.05) is 19.1 Å². The average Bonchev–Trinajstić information content (AvgIpc) is 2.60. The van der Waals surface area contributed by atoms with Crippen LogP contribution in [0.25, 0.3) is 10.7 Å². The van der Waals surface area contributed by atoms with Crippen molar-refractivity contribution < 1.29 is 4.79 Å². The molecule has 0 aliphatic carbocycles. The molecule has 0 bridgehead atoms. The van der Waals surface area contributed by atoms with Crippen molar-refractivity contribution in [3.63, 3.8) is 0 Å². The molecule has 0 saturated heterocycles. The Labute approximate surface area is 95.8 Å². The minimum atomic E-state index is 0.424. The van der Waals surface area contributed by atoms with Gasteiger partial charge in [-0.2, -0.15) is 0 Å². The Morgan fingerprint density at radius 1 is 1.40 bits per heavy atom. The summed E-state index contributed by atoms with van der Waals surface area (Å²) in [5, 5.41) is 1.14. The van der Waals surface area contributed by atoms with E-state index in [-0.39, 0.29) is 0 Å². The summed E-state index contributed by atoms with van der Waals surface area (Å²) in [7, 11) is 0. The standard InChI is InChI=1S/C10H7ClN2OS/c1-6-8(5-14)13-10(15-6)7-3-2-4-9(11)12-7/h2-5H,1H3. The minimum Gasteiger partial charge on any atom is -0.296 e. The van der Waals surface area contributed by atoms with Crippen LogP contribution in [0.3, 0.4) is 0 Å². The van der Waals surface area contributed by atoms with E-state index in [0.29, 0.717) is 16.5 Å². The highest BCUT2D eigenvalue weighted by Crippen LogP contribution is 2.26. The zero-order chi connectivity index (χ0) is 10.8. The summed E-state index contributed by atoms with van der Waals surface area (Å²) in [5.41, 5.74) is 1.17. The van der Waals surface area contributed by atoms with Crippen molar-refractivity contribution in [3.8, 4) is 10.7 Å². The fraction of sp³-hybridized carbons (Fsp3) is 0.100. The highest BCUT2D eigenvalue weighted by atomic mass is 35.5. The quantitative estimate of drug-likeness (QED) is 0.597. The molecule has 2 heterocycles. The number of carbonyl (C=O) groups excluding carboxylic acids is 1. The number of aldehydes is 1. The molecule has 15 heavy (non-hydrogen) atoms. The van der Waals surface area contributed by atoms with Crippen molar-refractivity contribution in [1.82, 2.24) is 9.97 Å². The molecule has 0 N–H and O–H groups in total. The fourth-order valence-electron chi connectivity index (χ4n) is 1.15. The summed E-state index contributed by atoms with van der Waals surface area (Å²) < 4.78 is 0. The predicted molar refractivity (Wildman–Crippen MR) is 60.5 cm³/mol. The lowest BCUT2D eigenvalue weighted by Crippen LogP contribution is -1.84. The van der Waals surface area contributed by atoms with Crippen LogP contribution >= 0.6 is 22.9 Å². The summed E-state index contributed by atoms with van der Waals surface area (Å²) in [4.78, 5) is 19.8. The number of hydrogen-bond donors (Lipinski definition) is 0. The lowest BCUT2D eigenvalue weighted by Gasteiger charge is -1.94. The van der Waals surface area contributed by atoms with Crippen LogP contribution in [0.2, 0.25) is 5.15 Å². The van der Waals surface area contributed by atoms with Crippen LogP contribution in [0.1, 0.15) is 15.4 Å². The lowest BCUT2D eigenvalue weighted by atomic mass is 10.3. The van der Waals surface area contributed by atoms with Gasteiger partial charge in [0, 0.05) is 4.88 Å². The molecule has 0 atom stereocenters. The second-order valence-electron chi connectivity index (χ2n) is 2.92. The van der Waals surface area contributed by atoms with Crippen molar-refractivity contribution in [2.24, 2.45) is 0 Å². The number of thiazole rings is 1. The minimum absolute atomic E-state index is 0.424. The molecular formula is C10H7ClN2OS. The van der Waals surface area contributed by atoms with Gasteiger partial charge >= 0.3 is 0 Å². The van der Waals surface area contributed by atoms with Crippen molar-refractivity contribution in [2.75, 3.05) is 0 Å². The van der Waals surface area contributed by atoms with Gasteiger partial charge in [0.05, 0.1) is 0 Å². The molecule has 2 aromatic heterocycles. The molecule has 0 unspecified atom stereocenters. The Kier molecular flexibility index (Phi) is 2.79. The number of rotatable bonds is 2. The maximum absolute atomic E-state index is 10.6. The average molecular weight is 239 g/mol. The Morgan fingerprint density at radius 2 is 2.20 bits per heavy atom. The van der Waals surface area contributed by atoms with Crippen LogP contribution in [0.5, 0.6) is 0 Å². The Balaban J connectivity index is 2.49. The molecule has 2 rings (SSSR count). The van der Waals surface area contributed by atoms with Gasteiger partial charge in [-0.1, -0.05) is 17.7 Å². The number of hydrogen-bond acceptors (Lipinski definition) is 4. The van der Waals surface area contributed by atoms with Gasteiger partial charge < -0.3 is 0 Å². The van der Waals surface area contributed by atoms with Crippen molar-refractivity contribution >= 4 is 29.2 Å². The van der Waals surface area contributed by atoms with Crippen LogP contribution in [-0.2, 0) is 0 Å². The SMILES string of the molecule is Cc1sc(-c2cccc(Cl)n2)nc1C=O. The lowest BCUT2D eigenvalue weighted by molar-refractivity contribution is 0.111. The third-order valence-corrected chi connectivity index (χ3v) is 3.10. The Morgan fingerprint density at radius 3 is 2.80 bits per heavy atom. The Hall–Kier alpha value is -1.26. The van der Waals surface area contributed by atoms with E-state index in [1.165, 1.54) is 11.3 Å². The fourth-order valence-corrected chi connectivity index (χ4v) is 2.17. The van der Waals surface area contributed by atoms with E-state index in [2.05, 4.69) is 9.97 Å². The molecule has 0 aromatic carbocycles. The largest absolute Gasteiger partial charge is 0.296 e. The first-order valence-corrected chi connectivity index (χ1v) is 5.45. The molecule has 0 aliphatic rings. The van der Waals surface area contributed by atoms with Gasteiger partial charge in [0.2, 0.25) is 0 Å². The molecule has 2 aromatic rings. The topological polar surface area (TPSA) is 42.9 Å². The summed E-state index contributed by atoms with van der Waals surface area (Å²) in [6, 6.07) is 5.33. The van der Waals surface area contributed by atoms with Gasteiger partial charge in [-0.3, -0.25) is 4.79 Å². The molecule has 76 valence electrons. The van der Waals surface area contributed by atoms with Gasteiger partial charge in [0.1, 0.15) is 21.5 Å². The number of halogens is 1. The second kappa shape index (κ2) is 4.08. The number of aryl methyl sites for hydroxylation is 1. The summed E-state index contributed by atoms with van der Waals surface area (Å²) >= 11 is 7.21. The maximum atomic E-state index is 10.6. The van der Waals surface area contributed by atoms with Gasteiger partial charge in [0.25, 0.3) is 0 Å². The third kappa shape index (κ3) is 2.06. The molecule has 5 heteroatoms. The van der Waals surface area contributed by atoms with E-state index in [0.717, 1.165) is 16.2 Å². The van der Waals surface area contributed by atoms with Crippen LogP contribution in [0.4, 0.5) is 0 Å². The predicted octanol–water partition coefficient (Wildman–Crippen LogP) is 2.98. The van der Waals surface area contributed by atoms with E-state index < -0.39 is 0 Å². The zero-order valence-corrected chi connectivity index (χ0v) is 9.47. The number of carbonyl (C=O) groups is 1. The van der Waals surface area contributed by atoms with Gasteiger partial charge in [-0.25, -0.2) is 9.97 Å². The van der Waals surface area contributed by atoms with E-state index >= 15 is 0 Å². The number of aromatic nitrogens is 2. The smallest absolute Gasteiger partial charge is 0.169 e. The highest BCUT2D eigenvalue weighted by molar-refractivity contribution is 7.15. The normalized spacial score (nSPS) is 10.3. The van der Waals surface area contributed by atoms with Gasteiger partial charge in [-0.05, 0) is 19.1 Å². The van der Waals surface area contributed by atoms with Crippen LogP contribution < -0.4 is 0 Å². The molecule has 0 radical (unpaired) electrons. The number of nitrogens with zero attached hydrogens (tertiary/aromatic N) is 2. The van der Waals surface area contributed by atoms with Crippen molar-refractivity contribution in [1.29, 1.82) is 0 Å². The monoisotopic (exact) mass is 238 g/mol. The van der Waals surface area contributed by atoms with E-state index in [9.17, 15) is 4.79 Å². The second-order valence-corrected chi connectivity index (χ2v) is 4.51. The van der Waals surface area contributed by atoms with Gasteiger partial charge in [-0.15, -0.1) is 11.3 Å². The molecule has 0 saturated carbocycles.